The molecule has 0 radical (unpaired) electrons. The molecule has 0 bridgehead atoms. The molecule has 0 amide bonds. The number of piperidine rings is 1. The lowest BCUT2D eigenvalue weighted by molar-refractivity contribution is 0.0172. The van der Waals surface area contributed by atoms with Crippen LogP contribution in [0.25, 0.3) is 0 Å². The molecular formula is C18H35N. The summed E-state index contributed by atoms with van der Waals surface area (Å²) in [6, 6.07) is 0. The predicted octanol–water partition coefficient (Wildman–Crippen LogP) is 4.86. The largest absolute Gasteiger partial charge is 0.316 e. The van der Waals surface area contributed by atoms with Crippen LogP contribution < -0.4 is 5.32 Å². The van der Waals surface area contributed by atoms with E-state index in [0.29, 0.717) is 5.41 Å². The van der Waals surface area contributed by atoms with Crippen molar-refractivity contribution in [1.29, 1.82) is 0 Å². The molecule has 1 saturated heterocycles. The lowest BCUT2D eigenvalue weighted by atomic mass is 9.58. The first-order chi connectivity index (χ1) is 9.02. The molecule has 1 N–H and O–H groups in total. The zero-order valence-corrected chi connectivity index (χ0v) is 13.7. The van der Waals surface area contributed by atoms with E-state index in [0.717, 1.165) is 23.7 Å². The van der Waals surface area contributed by atoms with Crippen LogP contribution >= 0.6 is 0 Å². The predicted molar refractivity (Wildman–Crippen MR) is 84.3 cm³/mol. The Morgan fingerprint density at radius 2 is 1.79 bits per heavy atom. The van der Waals surface area contributed by atoms with Crippen LogP contribution in [0.3, 0.4) is 0 Å². The van der Waals surface area contributed by atoms with Gasteiger partial charge in [0.15, 0.2) is 0 Å². The molecule has 0 aromatic rings. The highest BCUT2D eigenvalue weighted by molar-refractivity contribution is 4.95. The van der Waals surface area contributed by atoms with Gasteiger partial charge in [0, 0.05) is 0 Å². The topological polar surface area (TPSA) is 12.0 Å². The third-order valence-corrected chi connectivity index (χ3v) is 5.60. The van der Waals surface area contributed by atoms with Gasteiger partial charge in [-0.3, -0.25) is 0 Å². The van der Waals surface area contributed by atoms with Gasteiger partial charge in [0.05, 0.1) is 0 Å². The van der Waals surface area contributed by atoms with Crippen molar-refractivity contribution in [3.8, 4) is 0 Å². The van der Waals surface area contributed by atoms with E-state index < -0.39 is 0 Å². The zero-order valence-electron chi connectivity index (χ0n) is 13.7. The first-order valence-corrected chi connectivity index (χ1v) is 8.72. The van der Waals surface area contributed by atoms with Gasteiger partial charge in [-0.25, -0.2) is 0 Å². The minimum Gasteiger partial charge on any atom is -0.316 e. The summed E-state index contributed by atoms with van der Waals surface area (Å²) in [5, 5.41) is 3.67. The summed E-state index contributed by atoms with van der Waals surface area (Å²) < 4.78 is 0. The minimum atomic E-state index is 0.702. The molecule has 1 nitrogen and oxygen atoms in total. The summed E-state index contributed by atoms with van der Waals surface area (Å²) >= 11 is 0. The highest BCUT2D eigenvalue weighted by Gasteiger charge is 2.43. The summed E-state index contributed by atoms with van der Waals surface area (Å²) in [5.74, 6) is 3.69. The first kappa shape index (κ1) is 15.4. The maximum absolute atomic E-state index is 3.67. The highest BCUT2D eigenvalue weighted by Crippen LogP contribution is 2.51. The molecule has 2 aliphatic rings. The van der Waals surface area contributed by atoms with Gasteiger partial charge in [0.1, 0.15) is 0 Å². The quantitative estimate of drug-likeness (QED) is 0.765. The van der Waals surface area contributed by atoms with Crippen molar-refractivity contribution in [2.24, 2.45) is 29.1 Å². The Bertz CT molecular complexity index is 267. The molecule has 1 saturated carbocycles. The summed E-state index contributed by atoms with van der Waals surface area (Å²) in [4.78, 5) is 0. The van der Waals surface area contributed by atoms with E-state index in [1.165, 1.54) is 58.0 Å². The molecule has 0 aromatic heterocycles. The normalized spacial score (nSPS) is 36.3. The van der Waals surface area contributed by atoms with Gasteiger partial charge in [-0.15, -0.1) is 0 Å². The molecule has 3 unspecified atom stereocenters. The summed E-state index contributed by atoms with van der Waals surface area (Å²) in [7, 11) is 0. The molecule has 2 fully saturated rings. The van der Waals surface area contributed by atoms with Crippen molar-refractivity contribution in [2.75, 3.05) is 13.1 Å². The Labute approximate surface area is 120 Å². The standard InChI is InChI=1S/C18H35N/c1-14(2)10-16-6-5-7-18(12-16)8-9-19-13-17(18)11-15(3)4/h14-17,19H,5-13H2,1-4H3. The van der Waals surface area contributed by atoms with Crippen LogP contribution in [0.1, 0.15) is 72.6 Å². The summed E-state index contributed by atoms with van der Waals surface area (Å²) in [6.45, 7) is 12.1. The Morgan fingerprint density at radius 1 is 1.05 bits per heavy atom. The minimum absolute atomic E-state index is 0.702. The van der Waals surface area contributed by atoms with Crippen molar-refractivity contribution < 1.29 is 0 Å². The third kappa shape index (κ3) is 3.97. The van der Waals surface area contributed by atoms with E-state index in [1.54, 1.807) is 0 Å². The molecule has 1 aliphatic carbocycles. The number of hydrogen-bond acceptors (Lipinski definition) is 1. The lowest BCUT2D eigenvalue weighted by Crippen LogP contribution is -2.48. The Balaban J connectivity index is 2.04. The van der Waals surface area contributed by atoms with Crippen molar-refractivity contribution >= 4 is 0 Å². The molecule has 1 spiro atoms. The van der Waals surface area contributed by atoms with Gasteiger partial charge < -0.3 is 5.32 Å². The fourth-order valence-corrected chi connectivity index (χ4v) is 4.92. The van der Waals surface area contributed by atoms with Gasteiger partial charge in [-0.1, -0.05) is 40.5 Å². The molecule has 112 valence electrons. The molecule has 19 heavy (non-hydrogen) atoms. The fraction of sp³-hybridized carbons (Fsp3) is 1.00. The smallest absolute Gasteiger partial charge is 0.00151 e. The number of nitrogens with one attached hydrogen (secondary N) is 1. The maximum Gasteiger partial charge on any atom is -0.00151 e. The van der Waals surface area contributed by atoms with Crippen LogP contribution in [0, 0.1) is 29.1 Å². The van der Waals surface area contributed by atoms with Crippen molar-refractivity contribution in [2.45, 2.75) is 72.6 Å². The van der Waals surface area contributed by atoms with E-state index >= 15 is 0 Å². The molecule has 3 atom stereocenters. The number of rotatable bonds is 4. The van der Waals surface area contributed by atoms with E-state index in [2.05, 4.69) is 33.0 Å². The molecule has 1 heteroatoms. The van der Waals surface area contributed by atoms with Crippen LogP contribution in [0.4, 0.5) is 0 Å². The molecular weight excluding hydrogens is 230 g/mol. The Morgan fingerprint density at radius 3 is 2.47 bits per heavy atom. The van der Waals surface area contributed by atoms with Gasteiger partial charge in [-0.05, 0) is 74.3 Å². The van der Waals surface area contributed by atoms with Gasteiger partial charge in [-0.2, -0.15) is 0 Å². The molecule has 0 aromatic carbocycles. The second-order valence-corrected chi connectivity index (χ2v) is 8.23. The fourth-order valence-electron chi connectivity index (χ4n) is 4.92. The van der Waals surface area contributed by atoms with Gasteiger partial charge in [0.2, 0.25) is 0 Å². The highest BCUT2D eigenvalue weighted by atomic mass is 14.9. The molecule has 1 aliphatic heterocycles. The monoisotopic (exact) mass is 265 g/mol. The molecule has 1 heterocycles. The van der Waals surface area contributed by atoms with Crippen molar-refractivity contribution in [3.63, 3.8) is 0 Å². The Kier molecular flexibility index (Phi) is 5.34. The van der Waals surface area contributed by atoms with E-state index in [1.807, 2.05) is 0 Å². The maximum atomic E-state index is 3.67. The number of hydrogen-bond donors (Lipinski definition) is 1. The SMILES string of the molecule is CC(C)CC1CCCC2(CCNCC2CC(C)C)C1. The van der Waals surface area contributed by atoms with Crippen LogP contribution in [-0.4, -0.2) is 13.1 Å². The lowest BCUT2D eigenvalue weighted by Gasteiger charge is -2.50. The second kappa shape index (κ2) is 6.61. The van der Waals surface area contributed by atoms with E-state index in [-0.39, 0.29) is 0 Å². The second-order valence-electron chi connectivity index (χ2n) is 8.23. The summed E-state index contributed by atoms with van der Waals surface area (Å²) in [6.07, 6.45) is 10.4. The van der Waals surface area contributed by atoms with Crippen LogP contribution in [0.15, 0.2) is 0 Å². The van der Waals surface area contributed by atoms with Crippen LogP contribution in [0.5, 0.6) is 0 Å². The zero-order chi connectivity index (χ0) is 13.9. The van der Waals surface area contributed by atoms with Crippen LogP contribution in [-0.2, 0) is 0 Å². The van der Waals surface area contributed by atoms with E-state index in [9.17, 15) is 0 Å². The van der Waals surface area contributed by atoms with Crippen LogP contribution in [0.2, 0.25) is 0 Å². The Hall–Kier alpha value is -0.0400. The van der Waals surface area contributed by atoms with E-state index in [4.69, 9.17) is 0 Å². The van der Waals surface area contributed by atoms with Gasteiger partial charge >= 0.3 is 0 Å². The average Bonchev–Trinajstić information content (AvgIpc) is 2.31. The summed E-state index contributed by atoms with van der Waals surface area (Å²) in [5.41, 5.74) is 0.702. The van der Waals surface area contributed by atoms with Gasteiger partial charge in [0.25, 0.3) is 0 Å². The third-order valence-electron chi connectivity index (χ3n) is 5.60. The van der Waals surface area contributed by atoms with Crippen molar-refractivity contribution in [1.82, 2.24) is 5.32 Å². The van der Waals surface area contributed by atoms with Crippen molar-refractivity contribution in [3.05, 3.63) is 0 Å². The average molecular weight is 265 g/mol. The molecule has 2 rings (SSSR count). The first-order valence-electron chi connectivity index (χ1n) is 8.72.